The SMILES string of the molecule is CC(C)(Cc1c(-c2ccccn2)cccc1-c1ccccn1)c1ccccc1. The smallest absolute Gasteiger partial charge is 0.0704 e. The summed E-state index contributed by atoms with van der Waals surface area (Å²) in [7, 11) is 0. The van der Waals surface area contributed by atoms with Crippen LogP contribution < -0.4 is 0 Å². The van der Waals surface area contributed by atoms with Crippen molar-refractivity contribution in [3.05, 3.63) is 108 Å². The van der Waals surface area contributed by atoms with Gasteiger partial charge in [0.05, 0.1) is 11.4 Å². The zero-order chi connectivity index (χ0) is 19.4. The Bertz CT molecular complexity index is 982. The second-order valence-electron chi connectivity index (χ2n) is 7.69. The van der Waals surface area contributed by atoms with Crippen LogP contribution >= 0.6 is 0 Å². The number of benzene rings is 2. The zero-order valence-corrected chi connectivity index (χ0v) is 16.3. The Morgan fingerprint density at radius 2 is 1.14 bits per heavy atom. The molecule has 0 aliphatic carbocycles. The fraction of sp³-hybridized carbons (Fsp3) is 0.154. The van der Waals surface area contributed by atoms with Crippen molar-refractivity contribution in [2.75, 3.05) is 0 Å². The Hall–Kier alpha value is -3.26. The number of nitrogens with zero attached hydrogens (tertiary/aromatic N) is 2. The maximum absolute atomic E-state index is 4.63. The van der Waals surface area contributed by atoms with Crippen molar-refractivity contribution in [3.8, 4) is 22.5 Å². The molecule has 2 heterocycles. The van der Waals surface area contributed by atoms with Gasteiger partial charge in [-0.2, -0.15) is 0 Å². The first-order chi connectivity index (χ1) is 13.6. The molecule has 0 spiro atoms. The molecular weight excluding hydrogens is 340 g/mol. The van der Waals surface area contributed by atoms with Gasteiger partial charge in [-0.05, 0) is 47.2 Å². The van der Waals surface area contributed by atoms with Crippen molar-refractivity contribution in [3.63, 3.8) is 0 Å². The minimum absolute atomic E-state index is 0.0182. The molecule has 2 aromatic heterocycles. The Kier molecular flexibility index (Phi) is 5.03. The van der Waals surface area contributed by atoms with E-state index < -0.39 is 0 Å². The average Bonchev–Trinajstić information content (AvgIpc) is 2.75. The fourth-order valence-electron chi connectivity index (χ4n) is 3.73. The molecule has 28 heavy (non-hydrogen) atoms. The lowest BCUT2D eigenvalue weighted by Crippen LogP contribution is -2.21. The van der Waals surface area contributed by atoms with Gasteiger partial charge in [0.1, 0.15) is 0 Å². The minimum atomic E-state index is -0.0182. The summed E-state index contributed by atoms with van der Waals surface area (Å²) in [6, 6.07) is 29.3. The molecule has 0 amide bonds. The molecule has 2 nitrogen and oxygen atoms in total. The maximum atomic E-state index is 4.63. The molecule has 2 aromatic carbocycles. The molecule has 4 rings (SSSR count). The minimum Gasteiger partial charge on any atom is -0.256 e. The zero-order valence-electron chi connectivity index (χ0n) is 16.3. The van der Waals surface area contributed by atoms with Crippen molar-refractivity contribution >= 4 is 0 Å². The van der Waals surface area contributed by atoms with Gasteiger partial charge in [-0.3, -0.25) is 9.97 Å². The third-order valence-corrected chi connectivity index (χ3v) is 5.23. The quantitative estimate of drug-likeness (QED) is 0.413. The number of pyridine rings is 2. The molecule has 0 atom stereocenters. The summed E-state index contributed by atoms with van der Waals surface area (Å²) >= 11 is 0. The molecule has 0 aliphatic rings. The largest absolute Gasteiger partial charge is 0.256 e. The molecule has 138 valence electrons. The summed E-state index contributed by atoms with van der Waals surface area (Å²) in [4.78, 5) is 9.25. The molecule has 0 saturated heterocycles. The van der Waals surface area contributed by atoms with Crippen molar-refractivity contribution in [1.82, 2.24) is 9.97 Å². The first-order valence-corrected chi connectivity index (χ1v) is 9.65. The third-order valence-electron chi connectivity index (χ3n) is 5.23. The topological polar surface area (TPSA) is 25.8 Å². The summed E-state index contributed by atoms with van der Waals surface area (Å²) in [6.07, 6.45) is 4.61. The Labute approximate surface area is 167 Å². The van der Waals surface area contributed by atoms with E-state index in [0.29, 0.717) is 0 Å². The van der Waals surface area contributed by atoms with Gasteiger partial charge in [0, 0.05) is 23.5 Å². The Balaban J connectivity index is 1.88. The van der Waals surface area contributed by atoms with Crippen LogP contribution in [0.15, 0.2) is 97.3 Å². The predicted octanol–water partition coefficient (Wildman–Crippen LogP) is 6.33. The molecule has 0 N–H and O–H groups in total. The van der Waals surface area contributed by atoms with E-state index >= 15 is 0 Å². The van der Waals surface area contributed by atoms with Crippen LogP contribution in [-0.2, 0) is 11.8 Å². The normalized spacial score (nSPS) is 11.4. The van der Waals surface area contributed by atoms with Gasteiger partial charge in [-0.15, -0.1) is 0 Å². The van der Waals surface area contributed by atoms with Gasteiger partial charge in [0.25, 0.3) is 0 Å². The molecular formula is C26H24N2. The molecule has 0 unspecified atom stereocenters. The van der Waals surface area contributed by atoms with Gasteiger partial charge in [0.15, 0.2) is 0 Å². The number of hydrogen-bond acceptors (Lipinski definition) is 2. The van der Waals surface area contributed by atoms with E-state index in [2.05, 4.69) is 84.5 Å². The van der Waals surface area contributed by atoms with Crippen LogP contribution in [0.1, 0.15) is 25.0 Å². The standard InChI is InChI=1S/C26H24N2/c1-26(2,20-11-4-3-5-12-20)19-23-21(24-15-6-8-17-27-24)13-10-14-22(23)25-16-7-9-18-28-25/h3-18H,19H2,1-2H3. The Morgan fingerprint density at radius 1 is 0.607 bits per heavy atom. The van der Waals surface area contributed by atoms with E-state index in [1.54, 1.807) is 0 Å². The van der Waals surface area contributed by atoms with Gasteiger partial charge < -0.3 is 0 Å². The second-order valence-corrected chi connectivity index (χ2v) is 7.69. The number of rotatable bonds is 5. The second kappa shape index (κ2) is 7.77. The first kappa shape index (κ1) is 18.1. The molecule has 2 heteroatoms. The van der Waals surface area contributed by atoms with E-state index in [9.17, 15) is 0 Å². The predicted molar refractivity (Wildman–Crippen MR) is 116 cm³/mol. The lowest BCUT2D eigenvalue weighted by Gasteiger charge is -2.28. The maximum Gasteiger partial charge on any atom is 0.0704 e. The van der Waals surface area contributed by atoms with Crippen LogP contribution in [0.25, 0.3) is 22.5 Å². The number of hydrogen-bond donors (Lipinski definition) is 0. The van der Waals surface area contributed by atoms with Gasteiger partial charge in [-0.25, -0.2) is 0 Å². The lowest BCUT2D eigenvalue weighted by atomic mass is 9.76. The third kappa shape index (κ3) is 3.72. The van der Waals surface area contributed by atoms with Gasteiger partial charge in [0.2, 0.25) is 0 Å². The number of aromatic nitrogens is 2. The monoisotopic (exact) mass is 364 g/mol. The first-order valence-electron chi connectivity index (χ1n) is 9.65. The van der Waals surface area contributed by atoms with Crippen LogP contribution in [0.3, 0.4) is 0 Å². The van der Waals surface area contributed by atoms with Crippen LogP contribution in [0.5, 0.6) is 0 Å². The molecule has 0 radical (unpaired) electrons. The highest BCUT2D eigenvalue weighted by atomic mass is 14.7. The molecule has 4 aromatic rings. The van der Waals surface area contributed by atoms with Crippen LogP contribution in [0.2, 0.25) is 0 Å². The van der Waals surface area contributed by atoms with E-state index in [-0.39, 0.29) is 5.41 Å². The highest BCUT2D eigenvalue weighted by molar-refractivity contribution is 5.76. The highest BCUT2D eigenvalue weighted by Gasteiger charge is 2.25. The lowest BCUT2D eigenvalue weighted by molar-refractivity contribution is 0.523. The van der Waals surface area contributed by atoms with E-state index in [1.807, 2.05) is 36.7 Å². The van der Waals surface area contributed by atoms with Crippen molar-refractivity contribution in [2.24, 2.45) is 0 Å². The highest BCUT2D eigenvalue weighted by Crippen LogP contribution is 2.37. The average molecular weight is 364 g/mol. The van der Waals surface area contributed by atoms with E-state index in [0.717, 1.165) is 17.8 Å². The molecule has 0 aliphatic heterocycles. The van der Waals surface area contributed by atoms with Gasteiger partial charge >= 0.3 is 0 Å². The van der Waals surface area contributed by atoms with Crippen LogP contribution in [0.4, 0.5) is 0 Å². The van der Waals surface area contributed by atoms with E-state index in [1.165, 1.54) is 22.3 Å². The summed E-state index contributed by atoms with van der Waals surface area (Å²) in [5.41, 5.74) is 6.95. The summed E-state index contributed by atoms with van der Waals surface area (Å²) in [5.74, 6) is 0. The van der Waals surface area contributed by atoms with Crippen molar-refractivity contribution in [1.29, 1.82) is 0 Å². The summed E-state index contributed by atoms with van der Waals surface area (Å²) in [5, 5.41) is 0. The van der Waals surface area contributed by atoms with Crippen LogP contribution in [0, 0.1) is 0 Å². The summed E-state index contributed by atoms with van der Waals surface area (Å²) < 4.78 is 0. The summed E-state index contributed by atoms with van der Waals surface area (Å²) in [6.45, 7) is 4.61. The fourth-order valence-corrected chi connectivity index (χ4v) is 3.73. The van der Waals surface area contributed by atoms with E-state index in [4.69, 9.17) is 0 Å². The molecule has 0 fully saturated rings. The van der Waals surface area contributed by atoms with Crippen molar-refractivity contribution in [2.45, 2.75) is 25.7 Å². The molecule has 0 saturated carbocycles. The van der Waals surface area contributed by atoms with Crippen molar-refractivity contribution < 1.29 is 0 Å². The Morgan fingerprint density at radius 3 is 1.64 bits per heavy atom. The molecule has 0 bridgehead atoms. The van der Waals surface area contributed by atoms with Gasteiger partial charge in [-0.1, -0.05) is 74.5 Å². The van der Waals surface area contributed by atoms with Crippen LogP contribution in [-0.4, -0.2) is 9.97 Å².